The van der Waals surface area contributed by atoms with E-state index >= 15 is 0 Å². The highest BCUT2D eigenvalue weighted by Crippen LogP contribution is 2.45. The maximum Gasteiger partial charge on any atom is 0.242 e. The summed E-state index contributed by atoms with van der Waals surface area (Å²) >= 11 is 0. The van der Waals surface area contributed by atoms with Crippen molar-refractivity contribution in [3.05, 3.63) is 4.91 Å². The lowest BCUT2D eigenvalue weighted by Crippen LogP contribution is -2.28. The fourth-order valence-electron chi connectivity index (χ4n) is 1.98. The fourth-order valence-corrected chi connectivity index (χ4v) is 1.98. The Bertz CT molecular complexity index is 246. The van der Waals surface area contributed by atoms with Gasteiger partial charge in [0.15, 0.2) is 0 Å². The van der Waals surface area contributed by atoms with E-state index in [9.17, 15) is 9.70 Å². The van der Waals surface area contributed by atoms with Crippen LogP contribution >= 0.6 is 0 Å². The van der Waals surface area contributed by atoms with Crippen molar-refractivity contribution in [1.29, 1.82) is 0 Å². The van der Waals surface area contributed by atoms with Crippen LogP contribution in [0.5, 0.6) is 0 Å². The van der Waals surface area contributed by atoms with Gasteiger partial charge in [-0.25, -0.2) is 0 Å². The van der Waals surface area contributed by atoms with Gasteiger partial charge in [-0.1, -0.05) is 0 Å². The molecule has 3 atom stereocenters. The van der Waals surface area contributed by atoms with Crippen molar-refractivity contribution in [3.63, 3.8) is 0 Å². The Morgan fingerprint density at radius 1 is 1.36 bits per heavy atom. The van der Waals surface area contributed by atoms with Gasteiger partial charge in [-0.2, -0.15) is 5.01 Å². The Kier molecular flexibility index (Phi) is 2.47. The van der Waals surface area contributed by atoms with Crippen LogP contribution < -0.4 is 0 Å². The van der Waals surface area contributed by atoms with Gasteiger partial charge >= 0.3 is 0 Å². The third-order valence-electron chi connectivity index (χ3n) is 2.77. The minimum atomic E-state index is -0.321. The minimum absolute atomic E-state index is 0.120. The molecule has 1 heterocycles. The molecule has 0 spiro atoms. The molecule has 1 saturated carbocycles. The van der Waals surface area contributed by atoms with Crippen molar-refractivity contribution in [2.45, 2.75) is 13.0 Å². The zero-order valence-electron chi connectivity index (χ0n) is 7.88. The van der Waals surface area contributed by atoms with Crippen LogP contribution in [0.1, 0.15) is 6.92 Å². The van der Waals surface area contributed by atoms with E-state index in [2.05, 4.69) is 5.29 Å². The highest BCUT2D eigenvalue weighted by molar-refractivity contribution is 5.73. The first-order valence-corrected chi connectivity index (χ1v) is 4.54. The molecule has 1 saturated heterocycles. The average Bonchev–Trinajstić information content (AvgIpc) is 2.82. The molecular weight excluding hydrogens is 188 g/mol. The molecule has 6 nitrogen and oxygen atoms in total. The number of rotatable bonds is 2. The summed E-state index contributed by atoms with van der Waals surface area (Å²) in [6, 6.07) is -0.120. The highest BCUT2D eigenvalue weighted by atomic mass is 16.7. The molecule has 1 unspecified atom stereocenters. The molecule has 2 rings (SSSR count). The van der Waals surface area contributed by atoms with Gasteiger partial charge < -0.3 is 9.47 Å². The first-order chi connectivity index (χ1) is 6.75. The second-order valence-corrected chi connectivity index (χ2v) is 3.62. The van der Waals surface area contributed by atoms with Gasteiger partial charge in [0, 0.05) is 18.8 Å². The van der Waals surface area contributed by atoms with Crippen LogP contribution in [0.4, 0.5) is 0 Å². The third-order valence-corrected chi connectivity index (χ3v) is 2.77. The van der Waals surface area contributed by atoms with Gasteiger partial charge in [0.25, 0.3) is 0 Å². The normalized spacial score (nSPS) is 35.4. The molecule has 1 aliphatic heterocycles. The summed E-state index contributed by atoms with van der Waals surface area (Å²) in [7, 11) is 0. The number of hydrogen-bond donors (Lipinski definition) is 0. The molecule has 0 N–H and O–H groups in total. The van der Waals surface area contributed by atoms with Crippen LogP contribution in [0.25, 0.3) is 0 Å². The maximum atomic E-state index is 11.0. The van der Waals surface area contributed by atoms with Crippen LogP contribution in [0, 0.1) is 16.7 Å². The molecule has 0 aromatic heterocycles. The molecule has 6 heteroatoms. The number of carbonyl (C=O) groups excluding carboxylic acids is 1. The number of ether oxygens (including phenoxy) is 2. The van der Waals surface area contributed by atoms with Crippen molar-refractivity contribution < 1.29 is 14.3 Å². The van der Waals surface area contributed by atoms with Crippen LogP contribution in [-0.2, 0) is 14.3 Å². The summed E-state index contributed by atoms with van der Waals surface area (Å²) in [5.41, 5.74) is 0. The monoisotopic (exact) mass is 200 g/mol. The first kappa shape index (κ1) is 9.54. The third kappa shape index (κ3) is 1.51. The largest absolute Gasteiger partial charge is 0.355 e. The summed E-state index contributed by atoms with van der Waals surface area (Å²) in [6.07, 6.45) is 0. The lowest BCUT2D eigenvalue weighted by Gasteiger charge is -2.12. The Balaban J connectivity index is 2.00. The quantitative estimate of drug-likeness (QED) is 0.469. The van der Waals surface area contributed by atoms with Gasteiger partial charge in [-0.3, -0.25) is 4.79 Å². The summed E-state index contributed by atoms with van der Waals surface area (Å²) in [5.74, 6) is 0.0938. The number of carbonyl (C=O) groups is 1. The van der Waals surface area contributed by atoms with Crippen LogP contribution in [0.2, 0.25) is 0 Å². The Labute approximate surface area is 81.1 Å². The molecule has 14 heavy (non-hydrogen) atoms. The first-order valence-electron chi connectivity index (χ1n) is 4.54. The van der Waals surface area contributed by atoms with E-state index in [1.807, 2.05) is 0 Å². The van der Waals surface area contributed by atoms with Crippen molar-refractivity contribution in [1.82, 2.24) is 5.01 Å². The average molecular weight is 200 g/mol. The summed E-state index contributed by atoms with van der Waals surface area (Å²) < 4.78 is 10.3. The smallest absolute Gasteiger partial charge is 0.242 e. The van der Waals surface area contributed by atoms with E-state index in [4.69, 9.17) is 9.47 Å². The molecule has 1 aliphatic carbocycles. The van der Waals surface area contributed by atoms with Crippen molar-refractivity contribution >= 4 is 5.91 Å². The van der Waals surface area contributed by atoms with Gasteiger partial charge in [-0.05, 0) is 0 Å². The van der Waals surface area contributed by atoms with Gasteiger partial charge in [0.1, 0.15) is 6.79 Å². The zero-order valence-corrected chi connectivity index (χ0v) is 7.88. The van der Waals surface area contributed by atoms with E-state index < -0.39 is 0 Å². The van der Waals surface area contributed by atoms with E-state index in [1.165, 1.54) is 6.92 Å². The van der Waals surface area contributed by atoms with Crippen LogP contribution in [0.3, 0.4) is 0 Å². The van der Waals surface area contributed by atoms with E-state index in [1.54, 1.807) is 0 Å². The molecule has 0 aromatic rings. The zero-order chi connectivity index (χ0) is 10.1. The second-order valence-electron chi connectivity index (χ2n) is 3.62. The summed E-state index contributed by atoms with van der Waals surface area (Å²) in [6.45, 7) is 2.71. The number of nitroso groups, excluding NO2 is 1. The molecule has 2 fully saturated rings. The Morgan fingerprint density at radius 2 is 1.93 bits per heavy atom. The molecule has 0 bridgehead atoms. The standard InChI is InChI=1S/C8H12N2O4/c1-5(11)10(9-12)8-6-2-13-4-14-3-7(6)8/h6-8H,2-4H2,1H3/t6-,7+,8?. The number of nitrogens with zero attached hydrogens (tertiary/aromatic N) is 2. The van der Waals surface area contributed by atoms with Crippen molar-refractivity contribution in [3.8, 4) is 0 Å². The summed E-state index contributed by atoms with van der Waals surface area (Å²) in [5, 5.41) is 3.72. The van der Waals surface area contributed by atoms with E-state index in [0.29, 0.717) is 20.0 Å². The second kappa shape index (κ2) is 3.62. The predicted molar refractivity (Wildman–Crippen MR) is 45.9 cm³/mol. The fraction of sp³-hybridized carbons (Fsp3) is 0.875. The highest BCUT2D eigenvalue weighted by Gasteiger charge is 2.56. The van der Waals surface area contributed by atoms with E-state index in [-0.39, 0.29) is 23.8 Å². The Hall–Kier alpha value is -1.01. The minimum Gasteiger partial charge on any atom is -0.355 e. The van der Waals surface area contributed by atoms with Gasteiger partial charge in [-0.15, -0.1) is 4.91 Å². The topological polar surface area (TPSA) is 68.2 Å². The van der Waals surface area contributed by atoms with Crippen LogP contribution in [-0.4, -0.2) is 37.0 Å². The number of amides is 1. The predicted octanol–water partition coefficient (Wildman–Crippen LogP) is 0.135. The van der Waals surface area contributed by atoms with Crippen molar-refractivity contribution in [2.75, 3.05) is 20.0 Å². The van der Waals surface area contributed by atoms with Crippen LogP contribution in [0.15, 0.2) is 5.29 Å². The van der Waals surface area contributed by atoms with Gasteiger partial charge in [0.05, 0.1) is 24.5 Å². The number of hydrogen-bond acceptors (Lipinski definition) is 5. The molecular formula is C8H12N2O4. The lowest BCUT2D eigenvalue weighted by molar-refractivity contribution is -0.130. The maximum absolute atomic E-state index is 11.0. The SMILES string of the molecule is CC(=O)N(N=O)C1[C@H]2COCOC[C@@H]12. The molecule has 2 aliphatic rings. The Morgan fingerprint density at radius 3 is 2.36 bits per heavy atom. The molecule has 1 amide bonds. The molecule has 0 aromatic carbocycles. The van der Waals surface area contributed by atoms with Crippen molar-refractivity contribution in [2.24, 2.45) is 17.1 Å². The number of fused-ring (bicyclic) bond motifs is 1. The molecule has 78 valence electrons. The summed E-state index contributed by atoms with van der Waals surface area (Å²) in [4.78, 5) is 21.5. The van der Waals surface area contributed by atoms with Gasteiger partial charge in [0.2, 0.25) is 5.91 Å². The lowest BCUT2D eigenvalue weighted by atomic mass is 10.3. The van der Waals surface area contributed by atoms with E-state index in [0.717, 1.165) is 5.01 Å². The molecule has 0 radical (unpaired) electrons.